The molecule has 0 saturated heterocycles. The van der Waals surface area contributed by atoms with E-state index in [9.17, 15) is 5.11 Å². The number of rotatable bonds is 6. The van der Waals surface area contributed by atoms with E-state index < -0.39 is 0 Å². The SMILES string of the molecule is CCCCCC#CC(c1ccc(OC)cc1)c1c(O)ccc2ccccc12. The Balaban J connectivity index is 2.07. The van der Waals surface area contributed by atoms with Gasteiger partial charge in [-0.05, 0) is 41.0 Å². The lowest BCUT2D eigenvalue weighted by atomic mass is 9.87. The number of phenols is 1. The topological polar surface area (TPSA) is 29.5 Å². The van der Waals surface area contributed by atoms with Crippen LogP contribution >= 0.6 is 0 Å². The largest absolute Gasteiger partial charge is 0.508 e. The van der Waals surface area contributed by atoms with Crippen molar-refractivity contribution >= 4 is 10.8 Å². The van der Waals surface area contributed by atoms with Crippen molar-refractivity contribution in [3.05, 3.63) is 71.8 Å². The van der Waals surface area contributed by atoms with Gasteiger partial charge in [0.15, 0.2) is 0 Å². The Labute approximate surface area is 161 Å². The van der Waals surface area contributed by atoms with Gasteiger partial charge in [0, 0.05) is 12.0 Å². The van der Waals surface area contributed by atoms with E-state index in [-0.39, 0.29) is 11.7 Å². The Morgan fingerprint density at radius 2 is 1.74 bits per heavy atom. The number of ether oxygens (including phenoxy) is 1. The average Bonchev–Trinajstić information content (AvgIpc) is 2.72. The van der Waals surface area contributed by atoms with E-state index in [0.29, 0.717) is 0 Å². The lowest BCUT2D eigenvalue weighted by molar-refractivity contribution is 0.414. The first-order chi connectivity index (χ1) is 13.2. The van der Waals surface area contributed by atoms with Crippen LogP contribution in [0.5, 0.6) is 11.5 Å². The zero-order valence-corrected chi connectivity index (χ0v) is 16.0. The number of hydrogen-bond donors (Lipinski definition) is 1. The highest BCUT2D eigenvalue weighted by Gasteiger charge is 2.18. The van der Waals surface area contributed by atoms with Gasteiger partial charge in [0.05, 0.1) is 13.0 Å². The van der Waals surface area contributed by atoms with Gasteiger partial charge in [0.2, 0.25) is 0 Å². The Kier molecular flexibility index (Phi) is 6.39. The fraction of sp³-hybridized carbons (Fsp3) is 0.280. The molecule has 0 bridgehead atoms. The van der Waals surface area contributed by atoms with Crippen LogP contribution in [0.4, 0.5) is 0 Å². The third-order valence-corrected chi connectivity index (χ3v) is 4.84. The summed E-state index contributed by atoms with van der Waals surface area (Å²) in [7, 11) is 1.66. The minimum atomic E-state index is -0.177. The molecule has 2 heteroatoms. The van der Waals surface area contributed by atoms with Gasteiger partial charge < -0.3 is 9.84 Å². The molecule has 27 heavy (non-hydrogen) atoms. The lowest BCUT2D eigenvalue weighted by Crippen LogP contribution is -2.01. The van der Waals surface area contributed by atoms with Crippen molar-refractivity contribution in [2.24, 2.45) is 0 Å². The third kappa shape index (κ3) is 4.44. The van der Waals surface area contributed by atoms with E-state index >= 15 is 0 Å². The quantitative estimate of drug-likeness (QED) is 0.416. The molecule has 3 rings (SSSR count). The summed E-state index contributed by atoms with van der Waals surface area (Å²) in [6.45, 7) is 2.20. The predicted molar refractivity (Wildman–Crippen MR) is 112 cm³/mol. The highest BCUT2D eigenvalue weighted by atomic mass is 16.5. The fourth-order valence-electron chi connectivity index (χ4n) is 3.34. The molecule has 0 aliphatic carbocycles. The van der Waals surface area contributed by atoms with Crippen molar-refractivity contribution in [1.29, 1.82) is 0 Å². The van der Waals surface area contributed by atoms with Crippen LogP contribution in [-0.4, -0.2) is 12.2 Å². The second kappa shape index (κ2) is 9.14. The summed E-state index contributed by atoms with van der Waals surface area (Å²) < 4.78 is 5.29. The Bertz CT molecular complexity index is 945. The maximum absolute atomic E-state index is 10.7. The van der Waals surface area contributed by atoms with Crippen molar-refractivity contribution < 1.29 is 9.84 Å². The van der Waals surface area contributed by atoms with E-state index in [2.05, 4.69) is 30.9 Å². The number of benzene rings is 3. The number of hydrogen-bond acceptors (Lipinski definition) is 2. The smallest absolute Gasteiger partial charge is 0.121 e. The van der Waals surface area contributed by atoms with Gasteiger partial charge in [-0.1, -0.05) is 68.2 Å². The maximum atomic E-state index is 10.7. The first kappa shape index (κ1) is 18.9. The number of unbranched alkanes of at least 4 members (excludes halogenated alkanes) is 3. The third-order valence-electron chi connectivity index (χ3n) is 4.84. The molecule has 138 valence electrons. The second-order valence-corrected chi connectivity index (χ2v) is 6.70. The molecule has 0 spiro atoms. The zero-order chi connectivity index (χ0) is 19.1. The van der Waals surface area contributed by atoms with Crippen LogP contribution in [0, 0.1) is 11.8 Å². The summed E-state index contributed by atoms with van der Waals surface area (Å²) in [4.78, 5) is 0. The van der Waals surface area contributed by atoms with Crippen LogP contribution in [0.25, 0.3) is 10.8 Å². The maximum Gasteiger partial charge on any atom is 0.121 e. The number of methoxy groups -OCH3 is 1. The van der Waals surface area contributed by atoms with Gasteiger partial charge >= 0.3 is 0 Å². The molecule has 0 aliphatic rings. The Hall–Kier alpha value is -2.92. The normalized spacial score (nSPS) is 11.6. The average molecular weight is 358 g/mol. The van der Waals surface area contributed by atoms with E-state index in [0.717, 1.165) is 40.5 Å². The van der Waals surface area contributed by atoms with Crippen LogP contribution in [0.2, 0.25) is 0 Å². The van der Waals surface area contributed by atoms with Gasteiger partial charge in [0.25, 0.3) is 0 Å². The van der Waals surface area contributed by atoms with Crippen molar-refractivity contribution in [2.75, 3.05) is 7.11 Å². The van der Waals surface area contributed by atoms with Gasteiger partial charge in [-0.15, -0.1) is 5.92 Å². The molecule has 0 aromatic heterocycles. The highest BCUT2D eigenvalue weighted by Crippen LogP contribution is 2.37. The first-order valence-corrected chi connectivity index (χ1v) is 9.57. The van der Waals surface area contributed by atoms with Crippen molar-refractivity contribution in [3.63, 3.8) is 0 Å². The lowest BCUT2D eigenvalue weighted by Gasteiger charge is -2.17. The minimum absolute atomic E-state index is 0.177. The van der Waals surface area contributed by atoms with E-state index in [1.165, 1.54) is 12.8 Å². The molecule has 0 amide bonds. The van der Waals surface area contributed by atoms with E-state index in [4.69, 9.17) is 4.74 Å². The van der Waals surface area contributed by atoms with Crippen LogP contribution in [0.1, 0.15) is 49.7 Å². The van der Waals surface area contributed by atoms with Crippen LogP contribution in [-0.2, 0) is 0 Å². The highest BCUT2D eigenvalue weighted by molar-refractivity contribution is 5.89. The molecular weight excluding hydrogens is 332 g/mol. The predicted octanol–water partition coefficient (Wildman–Crippen LogP) is 6.27. The summed E-state index contributed by atoms with van der Waals surface area (Å²) in [6.07, 6.45) is 4.38. The Morgan fingerprint density at radius 1 is 0.963 bits per heavy atom. The molecule has 0 aliphatic heterocycles. The molecule has 2 nitrogen and oxygen atoms in total. The monoisotopic (exact) mass is 358 g/mol. The molecule has 1 unspecified atom stereocenters. The summed E-state index contributed by atoms with van der Waals surface area (Å²) in [5.74, 6) is 7.70. The summed E-state index contributed by atoms with van der Waals surface area (Å²) in [5.41, 5.74) is 1.94. The van der Waals surface area contributed by atoms with Crippen LogP contribution in [0.15, 0.2) is 60.7 Å². The second-order valence-electron chi connectivity index (χ2n) is 6.70. The van der Waals surface area contributed by atoms with Crippen molar-refractivity contribution in [1.82, 2.24) is 0 Å². The van der Waals surface area contributed by atoms with E-state index in [1.807, 2.05) is 42.5 Å². The summed E-state index contributed by atoms with van der Waals surface area (Å²) in [6, 6.07) is 19.8. The summed E-state index contributed by atoms with van der Waals surface area (Å²) in [5, 5.41) is 12.8. The van der Waals surface area contributed by atoms with Gasteiger partial charge in [-0.25, -0.2) is 0 Å². The molecule has 0 fully saturated rings. The Morgan fingerprint density at radius 3 is 2.48 bits per heavy atom. The van der Waals surface area contributed by atoms with Crippen molar-refractivity contribution in [3.8, 4) is 23.3 Å². The fourth-order valence-corrected chi connectivity index (χ4v) is 3.34. The number of aromatic hydroxyl groups is 1. The van der Waals surface area contributed by atoms with Crippen molar-refractivity contribution in [2.45, 2.75) is 38.5 Å². The van der Waals surface area contributed by atoms with Gasteiger partial charge in [-0.3, -0.25) is 0 Å². The summed E-state index contributed by atoms with van der Waals surface area (Å²) >= 11 is 0. The molecule has 1 N–H and O–H groups in total. The zero-order valence-electron chi connectivity index (χ0n) is 16.0. The molecule has 1 atom stereocenters. The molecular formula is C25H26O2. The standard InChI is InChI=1S/C25H26O2/c1-3-4-5-6-7-11-23(20-13-16-21(27-2)17-14-20)25-22-12-9-8-10-19(22)15-18-24(25)26/h8-10,12-18,23,26H,3-6H2,1-2H3. The van der Waals surface area contributed by atoms with Gasteiger partial charge in [-0.2, -0.15) is 0 Å². The number of fused-ring (bicyclic) bond motifs is 1. The van der Waals surface area contributed by atoms with E-state index in [1.54, 1.807) is 13.2 Å². The molecule has 3 aromatic carbocycles. The molecule has 0 heterocycles. The van der Waals surface area contributed by atoms with Crippen LogP contribution < -0.4 is 4.74 Å². The van der Waals surface area contributed by atoms with Gasteiger partial charge in [0.1, 0.15) is 11.5 Å². The van der Waals surface area contributed by atoms with Crippen LogP contribution in [0.3, 0.4) is 0 Å². The number of phenolic OH excluding ortho intramolecular Hbond substituents is 1. The molecule has 0 radical (unpaired) electrons. The minimum Gasteiger partial charge on any atom is -0.508 e. The molecule has 3 aromatic rings. The first-order valence-electron chi connectivity index (χ1n) is 9.57. The molecule has 0 saturated carbocycles.